The molecule has 1 aliphatic heterocycles. The van der Waals surface area contributed by atoms with E-state index in [2.05, 4.69) is 0 Å². The molecule has 8 nitrogen and oxygen atoms in total. The number of aliphatic hydroxyl groups is 1. The molecule has 1 aliphatic rings. The average Bonchev–Trinajstić information content (AvgIpc) is 2.57. The molecule has 140 valence electrons. The normalized spacial score (nSPS) is 27.8. The number of primary amides is 1. The van der Waals surface area contributed by atoms with Crippen LogP contribution in [0.3, 0.4) is 0 Å². The smallest absolute Gasteiger partial charge is 0.404 e. The number of benzene rings is 1. The van der Waals surface area contributed by atoms with E-state index in [0.29, 0.717) is 5.39 Å². The summed E-state index contributed by atoms with van der Waals surface area (Å²) < 4.78 is 22.0. The summed E-state index contributed by atoms with van der Waals surface area (Å²) in [6, 6.07) is 7.99. The van der Waals surface area contributed by atoms with Crippen molar-refractivity contribution in [2.75, 3.05) is 0 Å². The summed E-state index contributed by atoms with van der Waals surface area (Å²) in [4.78, 5) is 22.7. The van der Waals surface area contributed by atoms with Crippen molar-refractivity contribution in [1.29, 1.82) is 0 Å². The molecule has 1 aromatic carbocycles. The summed E-state index contributed by atoms with van der Waals surface area (Å²) in [5.41, 5.74) is 4.06. The van der Waals surface area contributed by atoms with E-state index in [-0.39, 0.29) is 17.3 Å². The van der Waals surface area contributed by atoms with Gasteiger partial charge in [-0.2, -0.15) is 0 Å². The maximum absolute atomic E-state index is 11.5. The van der Waals surface area contributed by atoms with Crippen molar-refractivity contribution in [1.82, 2.24) is 0 Å². The van der Waals surface area contributed by atoms with Crippen LogP contribution in [0.25, 0.3) is 11.0 Å². The Morgan fingerprint density at radius 2 is 2.00 bits per heavy atom. The third-order valence-corrected chi connectivity index (χ3v) is 4.73. The van der Waals surface area contributed by atoms with Crippen molar-refractivity contribution in [3.8, 4) is 5.75 Å². The Kier molecular flexibility index (Phi) is 4.64. The highest BCUT2D eigenvalue weighted by Crippen LogP contribution is 2.37. The van der Waals surface area contributed by atoms with Crippen LogP contribution in [-0.4, -0.2) is 35.3 Å². The number of hydrogen-bond acceptors (Lipinski definition) is 7. The van der Waals surface area contributed by atoms with Gasteiger partial charge >= 0.3 is 11.7 Å². The third kappa shape index (κ3) is 3.38. The molecule has 1 amide bonds. The molecule has 0 radical (unpaired) electrons. The largest absolute Gasteiger partial charge is 0.458 e. The Bertz CT molecular complexity index is 875. The first-order valence-electron chi connectivity index (χ1n) is 8.20. The van der Waals surface area contributed by atoms with Crippen LogP contribution < -0.4 is 16.1 Å². The monoisotopic (exact) mass is 363 g/mol. The second-order valence-electron chi connectivity index (χ2n) is 6.82. The van der Waals surface area contributed by atoms with E-state index in [1.54, 1.807) is 45.0 Å². The second kappa shape index (κ2) is 6.62. The van der Waals surface area contributed by atoms with Crippen molar-refractivity contribution < 1.29 is 28.5 Å². The zero-order valence-electron chi connectivity index (χ0n) is 14.7. The van der Waals surface area contributed by atoms with Crippen molar-refractivity contribution >= 4 is 17.1 Å². The van der Waals surface area contributed by atoms with Gasteiger partial charge in [-0.3, -0.25) is 0 Å². The molecule has 1 unspecified atom stereocenters. The number of nitrogens with two attached hydrogens (primary N) is 1. The molecule has 26 heavy (non-hydrogen) atoms. The van der Waals surface area contributed by atoms with E-state index < -0.39 is 35.8 Å². The maximum atomic E-state index is 11.5. The van der Waals surface area contributed by atoms with Crippen LogP contribution >= 0.6 is 0 Å². The number of carbonyl (C=O) groups excluding carboxylic acids is 1. The number of carbonyl (C=O) groups is 1. The first-order chi connectivity index (χ1) is 12.2. The van der Waals surface area contributed by atoms with E-state index in [1.165, 1.54) is 6.07 Å². The van der Waals surface area contributed by atoms with Gasteiger partial charge < -0.3 is 29.5 Å². The van der Waals surface area contributed by atoms with Crippen molar-refractivity contribution in [2.45, 2.75) is 44.9 Å². The van der Waals surface area contributed by atoms with Gasteiger partial charge in [0.1, 0.15) is 6.10 Å². The van der Waals surface area contributed by atoms with Gasteiger partial charge in [0.15, 0.2) is 17.4 Å². The number of rotatable bonds is 3. The SMILES string of the molecule is C[C@@H]1[C@@H](OC(N)=O)[C@H](O)C(Oc2cccc3ccc(=O)oc23)OC1(C)C. The van der Waals surface area contributed by atoms with Crippen LogP contribution in [0.2, 0.25) is 0 Å². The van der Waals surface area contributed by atoms with Crippen LogP contribution in [-0.2, 0) is 9.47 Å². The molecular weight excluding hydrogens is 342 g/mol. The molecule has 4 atom stereocenters. The Morgan fingerprint density at radius 3 is 2.69 bits per heavy atom. The predicted octanol–water partition coefficient (Wildman–Crippen LogP) is 1.77. The number of hydrogen-bond donors (Lipinski definition) is 2. The first kappa shape index (κ1) is 18.2. The van der Waals surface area contributed by atoms with Gasteiger partial charge in [0, 0.05) is 17.4 Å². The molecule has 0 saturated carbocycles. The minimum Gasteiger partial charge on any atom is -0.458 e. The lowest BCUT2D eigenvalue weighted by atomic mass is 9.82. The lowest BCUT2D eigenvalue weighted by Gasteiger charge is -2.47. The van der Waals surface area contributed by atoms with E-state index in [4.69, 9.17) is 24.4 Å². The molecule has 2 heterocycles. The lowest BCUT2D eigenvalue weighted by Crippen LogP contribution is -2.61. The molecule has 0 spiro atoms. The van der Waals surface area contributed by atoms with Gasteiger partial charge in [-0.05, 0) is 26.0 Å². The van der Waals surface area contributed by atoms with E-state index in [0.717, 1.165) is 0 Å². The zero-order valence-corrected chi connectivity index (χ0v) is 14.7. The fraction of sp³-hybridized carbons (Fsp3) is 0.444. The molecule has 3 rings (SSSR count). The van der Waals surface area contributed by atoms with Gasteiger partial charge in [-0.1, -0.05) is 19.1 Å². The summed E-state index contributed by atoms with van der Waals surface area (Å²) >= 11 is 0. The Hall–Kier alpha value is -2.58. The number of amides is 1. The minimum atomic E-state index is -1.28. The molecule has 3 N–H and O–H groups in total. The molecule has 1 fully saturated rings. The van der Waals surface area contributed by atoms with Gasteiger partial charge in [0.2, 0.25) is 6.29 Å². The lowest BCUT2D eigenvalue weighted by molar-refractivity contribution is -0.283. The summed E-state index contributed by atoms with van der Waals surface area (Å²) in [6.07, 6.45) is -4.34. The highest BCUT2D eigenvalue weighted by Gasteiger charge is 2.50. The Labute approximate surface area is 149 Å². The van der Waals surface area contributed by atoms with Crippen LogP contribution in [0.4, 0.5) is 4.79 Å². The fourth-order valence-electron chi connectivity index (χ4n) is 3.01. The van der Waals surface area contributed by atoms with Crippen molar-refractivity contribution in [2.24, 2.45) is 11.7 Å². The standard InChI is InChI=1S/C18H21NO7/c1-9-14(25-17(19)22)13(21)16(26-18(9,2)3)23-11-6-4-5-10-7-8-12(20)24-15(10)11/h4-9,13-14,16,21H,1-3H3,(H2,19,22)/t9-,13+,14-,16?/m1/s1. The zero-order chi connectivity index (χ0) is 19.1. The van der Waals surface area contributed by atoms with Crippen molar-refractivity contribution in [3.63, 3.8) is 0 Å². The maximum Gasteiger partial charge on any atom is 0.404 e. The van der Waals surface area contributed by atoms with Gasteiger partial charge in [-0.15, -0.1) is 0 Å². The molecule has 8 heteroatoms. The third-order valence-electron chi connectivity index (χ3n) is 4.73. The topological polar surface area (TPSA) is 121 Å². The van der Waals surface area contributed by atoms with Crippen molar-refractivity contribution in [3.05, 3.63) is 40.8 Å². The number of ether oxygens (including phenoxy) is 3. The predicted molar refractivity (Wildman–Crippen MR) is 91.7 cm³/mol. The van der Waals surface area contributed by atoms with Gasteiger partial charge in [0.05, 0.1) is 5.60 Å². The van der Waals surface area contributed by atoms with Gasteiger partial charge in [-0.25, -0.2) is 9.59 Å². The molecule has 0 aliphatic carbocycles. The number of fused-ring (bicyclic) bond motifs is 1. The molecule has 1 aromatic heterocycles. The quantitative estimate of drug-likeness (QED) is 0.797. The van der Waals surface area contributed by atoms with Crippen LogP contribution in [0.1, 0.15) is 20.8 Å². The molecule has 0 bridgehead atoms. The van der Waals surface area contributed by atoms with Gasteiger partial charge in [0.25, 0.3) is 0 Å². The molecule has 1 saturated heterocycles. The highest BCUT2D eigenvalue weighted by molar-refractivity contribution is 5.82. The first-order valence-corrected chi connectivity index (χ1v) is 8.20. The number of para-hydroxylation sites is 1. The summed E-state index contributed by atoms with van der Waals surface area (Å²) in [6.45, 7) is 5.37. The van der Waals surface area contributed by atoms with Crippen LogP contribution in [0.5, 0.6) is 5.75 Å². The van der Waals surface area contributed by atoms with Crippen LogP contribution in [0.15, 0.2) is 39.5 Å². The Morgan fingerprint density at radius 1 is 1.27 bits per heavy atom. The van der Waals surface area contributed by atoms with E-state index in [9.17, 15) is 14.7 Å². The number of aliphatic hydroxyl groups excluding tert-OH is 1. The Balaban J connectivity index is 1.95. The van der Waals surface area contributed by atoms with E-state index in [1.807, 2.05) is 0 Å². The molecular formula is C18H21NO7. The molecule has 2 aromatic rings. The van der Waals surface area contributed by atoms with Crippen LogP contribution in [0, 0.1) is 5.92 Å². The average molecular weight is 363 g/mol. The summed E-state index contributed by atoms with van der Waals surface area (Å²) in [5, 5.41) is 11.3. The fourth-order valence-corrected chi connectivity index (χ4v) is 3.01. The highest BCUT2D eigenvalue weighted by atomic mass is 16.7. The second-order valence-corrected chi connectivity index (χ2v) is 6.82. The minimum absolute atomic E-state index is 0.229. The summed E-state index contributed by atoms with van der Waals surface area (Å²) in [7, 11) is 0. The van der Waals surface area contributed by atoms with E-state index >= 15 is 0 Å². The summed E-state index contributed by atoms with van der Waals surface area (Å²) in [5.74, 6) is -0.109.